The predicted octanol–water partition coefficient (Wildman–Crippen LogP) is 0.568. The molecule has 7 nitrogen and oxygen atoms in total. The van der Waals surface area contributed by atoms with Gasteiger partial charge in [0.2, 0.25) is 10.0 Å². The van der Waals surface area contributed by atoms with Gasteiger partial charge in [0.15, 0.2) is 0 Å². The fourth-order valence-corrected chi connectivity index (χ4v) is 2.81. The molecule has 0 saturated heterocycles. The lowest BCUT2D eigenvalue weighted by Crippen LogP contribution is -2.33. The van der Waals surface area contributed by atoms with Crippen molar-refractivity contribution >= 4 is 22.0 Å². The Morgan fingerprint density at radius 3 is 2.45 bits per heavy atom. The van der Waals surface area contributed by atoms with E-state index in [-0.39, 0.29) is 17.1 Å². The smallest absolute Gasteiger partial charge is 0.339 e. The van der Waals surface area contributed by atoms with Gasteiger partial charge in [0.05, 0.1) is 17.1 Å². The molecule has 0 amide bonds. The van der Waals surface area contributed by atoms with Crippen LogP contribution in [0.3, 0.4) is 0 Å². The summed E-state index contributed by atoms with van der Waals surface area (Å²) in [5.41, 5.74) is -0.119. The summed E-state index contributed by atoms with van der Waals surface area (Å²) in [5.74, 6) is -2.06. The Labute approximate surface area is 116 Å². The molecular formula is C12H15NO6S. The summed E-state index contributed by atoms with van der Waals surface area (Å²) >= 11 is 0. The average Bonchev–Trinajstić information content (AvgIpc) is 2.38. The summed E-state index contributed by atoms with van der Waals surface area (Å²) in [6.45, 7) is 1.02. The molecular weight excluding hydrogens is 286 g/mol. The molecule has 0 aliphatic heterocycles. The van der Waals surface area contributed by atoms with Crippen molar-refractivity contribution < 1.29 is 27.9 Å². The van der Waals surface area contributed by atoms with Crippen LogP contribution in [-0.2, 0) is 19.6 Å². The summed E-state index contributed by atoms with van der Waals surface area (Å²) in [6, 6.07) is 5.51. The lowest BCUT2D eigenvalue weighted by atomic mass is 10.2. The van der Waals surface area contributed by atoms with E-state index in [0.717, 1.165) is 7.05 Å². The van der Waals surface area contributed by atoms with Gasteiger partial charge in [-0.05, 0) is 19.1 Å². The fourth-order valence-electron chi connectivity index (χ4n) is 1.51. The third kappa shape index (κ3) is 3.55. The minimum Gasteiger partial charge on any atom is -0.480 e. The van der Waals surface area contributed by atoms with Crippen LogP contribution < -0.4 is 0 Å². The standard InChI is InChI=1S/C12H15NO6S/c1-3-19-12(16)9-6-4-5-7-10(9)20(17,18)13(2)8-11(14)15/h4-7H,3,8H2,1-2H3,(H,14,15). The van der Waals surface area contributed by atoms with Crippen LogP contribution in [0.15, 0.2) is 29.2 Å². The second-order valence-corrected chi connectivity index (χ2v) is 5.88. The van der Waals surface area contributed by atoms with Gasteiger partial charge >= 0.3 is 11.9 Å². The number of hydrogen-bond acceptors (Lipinski definition) is 5. The number of carbonyl (C=O) groups is 2. The highest BCUT2D eigenvalue weighted by Gasteiger charge is 2.28. The monoisotopic (exact) mass is 301 g/mol. The number of aliphatic carboxylic acids is 1. The van der Waals surface area contributed by atoms with Gasteiger partial charge in [-0.25, -0.2) is 13.2 Å². The normalized spacial score (nSPS) is 11.3. The first-order chi connectivity index (χ1) is 9.30. The Bertz CT molecular complexity index is 610. The lowest BCUT2D eigenvalue weighted by Gasteiger charge is -2.16. The third-order valence-electron chi connectivity index (χ3n) is 2.43. The minimum absolute atomic E-state index is 0.109. The molecule has 20 heavy (non-hydrogen) atoms. The summed E-state index contributed by atoms with van der Waals surface area (Å²) < 4.78 is 30.0. The van der Waals surface area contributed by atoms with Crippen LogP contribution in [0, 0.1) is 0 Å². The molecule has 110 valence electrons. The number of carboxylic acids is 1. The number of carboxylic acid groups (broad SMARTS) is 1. The molecule has 1 aromatic carbocycles. The number of hydrogen-bond donors (Lipinski definition) is 1. The fraction of sp³-hybridized carbons (Fsp3) is 0.333. The molecule has 1 aromatic rings. The van der Waals surface area contributed by atoms with Crippen molar-refractivity contribution in [1.82, 2.24) is 4.31 Å². The third-order valence-corrected chi connectivity index (χ3v) is 4.29. The number of rotatable bonds is 6. The first kappa shape index (κ1) is 16.1. The maximum atomic E-state index is 12.3. The minimum atomic E-state index is -4.08. The number of likely N-dealkylation sites (N-methyl/N-ethyl adjacent to an activating group) is 1. The molecule has 0 unspecified atom stereocenters. The quantitative estimate of drug-likeness (QED) is 0.771. The van der Waals surface area contributed by atoms with Gasteiger partial charge in [0, 0.05) is 7.05 Å². The van der Waals surface area contributed by atoms with Crippen molar-refractivity contribution in [1.29, 1.82) is 0 Å². The summed E-state index contributed by atoms with van der Waals surface area (Å²) in [6.07, 6.45) is 0. The highest BCUT2D eigenvalue weighted by Crippen LogP contribution is 2.20. The topological polar surface area (TPSA) is 101 Å². The van der Waals surface area contributed by atoms with Crippen LogP contribution in [-0.4, -0.2) is 50.0 Å². The van der Waals surface area contributed by atoms with E-state index in [4.69, 9.17) is 9.84 Å². The van der Waals surface area contributed by atoms with Crippen molar-refractivity contribution in [3.8, 4) is 0 Å². The van der Waals surface area contributed by atoms with E-state index in [2.05, 4.69) is 0 Å². The van der Waals surface area contributed by atoms with E-state index in [1.807, 2.05) is 0 Å². The van der Waals surface area contributed by atoms with Gasteiger partial charge in [-0.15, -0.1) is 0 Å². The number of carbonyl (C=O) groups excluding carboxylic acids is 1. The van der Waals surface area contributed by atoms with Crippen molar-refractivity contribution in [2.45, 2.75) is 11.8 Å². The molecule has 0 saturated carbocycles. The molecule has 0 spiro atoms. The number of ether oxygens (including phenoxy) is 1. The predicted molar refractivity (Wildman–Crippen MR) is 69.9 cm³/mol. The molecule has 0 aliphatic rings. The zero-order valence-electron chi connectivity index (χ0n) is 11.1. The highest BCUT2D eigenvalue weighted by molar-refractivity contribution is 7.89. The molecule has 0 aromatic heterocycles. The van der Waals surface area contributed by atoms with Crippen LogP contribution >= 0.6 is 0 Å². The Morgan fingerprint density at radius 1 is 1.30 bits per heavy atom. The van der Waals surface area contributed by atoms with E-state index in [1.54, 1.807) is 6.92 Å². The zero-order valence-corrected chi connectivity index (χ0v) is 11.9. The molecule has 1 N–H and O–H groups in total. The van der Waals surface area contributed by atoms with Gasteiger partial charge in [0.1, 0.15) is 6.54 Å². The second kappa shape index (κ2) is 6.49. The van der Waals surface area contributed by atoms with Crippen LogP contribution in [0.4, 0.5) is 0 Å². The first-order valence-corrected chi connectivity index (χ1v) is 7.19. The Morgan fingerprint density at radius 2 is 1.90 bits per heavy atom. The molecule has 8 heteroatoms. The first-order valence-electron chi connectivity index (χ1n) is 5.75. The Hall–Kier alpha value is -1.93. The SMILES string of the molecule is CCOC(=O)c1ccccc1S(=O)(=O)N(C)CC(=O)O. The Kier molecular flexibility index (Phi) is 5.23. The summed E-state index contributed by atoms with van der Waals surface area (Å²) in [5, 5.41) is 8.66. The summed E-state index contributed by atoms with van der Waals surface area (Å²) in [7, 11) is -2.95. The van der Waals surface area contributed by atoms with E-state index >= 15 is 0 Å². The second-order valence-electron chi connectivity index (χ2n) is 3.87. The molecule has 0 fully saturated rings. The van der Waals surface area contributed by atoms with Gasteiger partial charge in [-0.2, -0.15) is 4.31 Å². The van der Waals surface area contributed by atoms with Crippen LogP contribution in [0.5, 0.6) is 0 Å². The van der Waals surface area contributed by atoms with Crippen LogP contribution in [0.25, 0.3) is 0 Å². The molecule has 0 atom stereocenters. The van der Waals surface area contributed by atoms with E-state index in [9.17, 15) is 18.0 Å². The van der Waals surface area contributed by atoms with E-state index in [1.165, 1.54) is 24.3 Å². The summed E-state index contributed by atoms with van der Waals surface area (Å²) in [4.78, 5) is 22.1. The van der Waals surface area contributed by atoms with Crippen LogP contribution in [0.1, 0.15) is 17.3 Å². The molecule has 1 rings (SSSR count). The van der Waals surface area contributed by atoms with Crippen molar-refractivity contribution in [2.75, 3.05) is 20.2 Å². The van der Waals surface area contributed by atoms with E-state index in [0.29, 0.717) is 4.31 Å². The number of esters is 1. The van der Waals surface area contributed by atoms with Gasteiger partial charge < -0.3 is 9.84 Å². The zero-order chi connectivity index (χ0) is 15.3. The maximum absolute atomic E-state index is 12.3. The van der Waals surface area contributed by atoms with Gasteiger partial charge in [0.25, 0.3) is 0 Å². The lowest BCUT2D eigenvalue weighted by molar-refractivity contribution is -0.137. The molecule has 0 heterocycles. The van der Waals surface area contributed by atoms with Crippen molar-refractivity contribution in [3.63, 3.8) is 0 Å². The number of nitrogens with zero attached hydrogens (tertiary/aromatic N) is 1. The highest BCUT2D eigenvalue weighted by atomic mass is 32.2. The average molecular weight is 301 g/mol. The molecule has 0 radical (unpaired) electrons. The Balaban J connectivity index is 3.25. The molecule has 0 aliphatic carbocycles. The van der Waals surface area contributed by atoms with Gasteiger partial charge in [-0.1, -0.05) is 12.1 Å². The van der Waals surface area contributed by atoms with E-state index < -0.39 is 28.5 Å². The maximum Gasteiger partial charge on any atom is 0.339 e. The van der Waals surface area contributed by atoms with Crippen LogP contribution in [0.2, 0.25) is 0 Å². The number of sulfonamides is 1. The number of benzene rings is 1. The van der Waals surface area contributed by atoms with Gasteiger partial charge in [-0.3, -0.25) is 4.79 Å². The van der Waals surface area contributed by atoms with Crippen molar-refractivity contribution in [2.24, 2.45) is 0 Å². The largest absolute Gasteiger partial charge is 0.480 e. The van der Waals surface area contributed by atoms with Crippen molar-refractivity contribution in [3.05, 3.63) is 29.8 Å². The molecule has 0 bridgehead atoms.